The van der Waals surface area contributed by atoms with Crippen LogP contribution in [-0.4, -0.2) is 62.9 Å². The molecule has 9 heteroatoms. The third kappa shape index (κ3) is 5.03. The number of fused-ring (bicyclic) bond motifs is 1. The van der Waals surface area contributed by atoms with Crippen molar-refractivity contribution in [3.05, 3.63) is 30.9 Å². The molecule has 0 radical (unpaired) electrons. The second kappa shape index (κ2) is 9.03. The minimum Gasteiger partial charge on any atom is -0.480 e. The Kier molecular flexibility index (Phi) is 6.62. The number of likely N-dealkylation sites (tertiary alicyclic amines) is 1. The second-order valence-electron chi connectivity index (χ2n) is 9.42. The molecular weight excluding hydrogens is 398 g/mol. The Morgan fingerprint density at radius 1 is 1.29 bits per heavy atom. The summed E-state index contributed by atoms with van der Waals surface area (Å²) in [6, 6.07) is -1.66. The number of carbonyl (C=O) groups is 3. The van der Waals surface area contributed by atoms with Crippen molar-refractivity contribution in [2.24, 2.45) is 17.3 Å². The van der Waals surface area contributed by atoms with E-state index in [1.54, 1.807) is 6.20 Å². The first kappa shape index (κ1) is 22.7. The maximum Gasteiger partial charge on any atom is 0.326 e. The molecule has 4 atom stereocenters. The lowest BCUT2D eigenvalue weighted by atomic mass is 9.85. The van der Waals surface area contributed by atoms with E-state index in [1.807, 2.05) is 20.8 Å². The van der Waals surface area contributed by atoms with Crippen molar-refractivity contribution in [1.29, 1.82) is 0 Å². The molecule has 1 saturated carbocycles. The largest absolute Gasteiger partial charge is 0.480 e. The molecule has 168 valence electrons. The summed E-state index contributed by atoms with van der Waals surface area (Å²) in [5.41, 5.74) is 0.377. The minimum atomic E-state index is -0.969. The highest BCUT2D eigenvalue weighted by molar-refractivity contribution is 5.92. The van der Waals surface area contributed by atoms with Crippen molar-refractivity contribution >= 4 is 23.5 Å². The van der Waals surface area contributed by atoms with Gasteiger partial charge in [-0.2, -0.15) is 0 Å². The number of nitrogens with zero attached hydrogens (tertiary/aromatic N) is 3. The van der Waals surface area contributed by atoms with E-state index in [0.717, 1.165) is 19.3 Å². The summed E-state index contributed by atoms with van der Waals surface area (Å²) in [6.45, 7) is 9.76. The lowest BCUT2D eigenvalue weighted by Gasteiger charge is -2.35. The summed E-state index contributed by atoms with van der Waals surface area (Å²) in [5.74, 6) is -1.48. The number of rotatable bonds is 7. The highest BCUT2D eigenvalue weighted by Gasteiger charge is 2.51. The summed E-state index contributed by atoms with van der Waals surface area (Å²) >= 11 is 0. The number of hydrogen-bond donors (Lipinski definition) is 3. The maximum atomic E-state index is 13.4. The Bertz CT molecular complexity index is 851. The van der Waals surface area contributed by atoms with Crippen LogP contribution < -0.4 is 10.6 Å². The first-order valence-electron chi connectivity index (χ1n) is 10.6. The SMILES string of the molecule is C=C(NCC(=O)NC(C(=O)N1CC2CCCC2[C@H]1C(=O)O)C(C)(C)C)c1cnccn1. The van der Waals surface area contributed by atoms with Crippen LogP contribution in [0.3, 0.4) is 0 Å². The highest BCUT2D eigenvalue weighted by atomic mass is 16.4. The number of carboxylic acid groups (broad SMARTS) is 1. The van der Waals surface area contributed by atoms with Crippen molar-refractivity contribution in [3.8, 4) is 0 Å². The summed E-state index contributed by atoms with van der Waals surface area (Å²) in [7, 11) is 0. The van der Waals surface area contributed by atoms with Crippen molar-refractivity contribution in [2.45, 2.75) is 52.1 Å². The van der Waals surface area contributed by atoms with Crippen molar-refractivity contribution in [3.63, 3.8) is 0 Å². The van der Waals surface area contributed by atoms with Crippen LogP contribution >= 0.6 is 0 Å². The van der Waals surface area contributed by atoms with Crippen molar-refractivity contribution in [2.75, 3.05) is 13.1 Å². The zero-order chi connectivity index (χ0) is 22.8. The fourth-order valence-electron chi connectivity index (χ4n) is 4.61. The lowest BCUT2D eigenvalue weighted by Crippen LogP contribution is -2.58. The van der Waals surface area contributed by atoms with Gasteiger partial charge in [-0.3, -0.25) is 19.6 Å². The molecule has 2 fully saturated rings. The molecule has 3 rings (SSSR count). The van der Waals surface area contributed by atoms with Gasteiger partial charge in [0.25, 0.3) is 0 Å². The standard InChI is InChI=1S/C22H31N5O4/c1-13(16-10-23-8-9-24-16)25-11-17(28)26-19(22(2,3)4)20(29)27-12-14-6-5-7-15(14)18(27)21(30)31/h8-10,14-15,18-19,25H,1,5-7,11-12H2,2-4H3,(H,26,28)(H,30,31)/t14?,15?,18-,19?/m0/s1. The zero-order valence-corrected chi connectivity index (χ0v) is 18.3. The van der Waals surface area contributed by atoms with Gasteiger partial charge in [0.15, 0.2) is 0 Å². The molecule has 1 aliphatic carbocycles. The van der Waals surface area contributed by atoms with Gasteiger partial charge in [0.05, 0.1) is 18.4 Å². The Labute approximate surface area is 182 Å². The number of amides is 2. The first-order chi connectivity index (χ1) is 14.6. The van der Waals surface area contributed by atoms with Gasteiger partial charge in [-0.1, -0.05) is 33.8 Å². The Morgan fingerprint density at radius 2 is 2.03 bits per heavy atom. The first-order valence-corrected chi connectivity index (χ1v) is 10.6. The summed E-state index contributed by atoms with van der Waals surface area (Å²) in [5, 5.41) is 15.5. The molecule has 1 aromatic rings. The molecule has 2 amide bonds. The minimum absolute atomic E-state index is 0.00487. The van der Waals surface area contributed by atoms with Crippen LogP contribution in [0.1, 0.15) is 45.7 Å². The average molecular weight is 430 g/mol. The fraction of sp³-hybridized carbons (Fsp3) is 0.591. The normalized spacial score (nSPS) is 23.7. The van der Waals surface area contributed by atoms with Gasteiger partial charge in [0.1, 0.15) is 17.8 Å². The predicted octanol–water partition coefficient (Wildman–Crippen LogP) is 1.28. The molecule has 31 heavy (non-hydrogen) atoms. The second-order valence-corrected chi connectivity index (χ2v) is 9.42. The topological polar surface area (TPSA) is 125 Å². The fourth-order valence-corrected chi connectivity index (χ4v) is 4.61. The molecule has 1 saturated heterocycles. The van der Waals surface area contributed by atoms with Gasteiger partial charge in [-0.25, -0.2) is 4.79 Å². The Hall–Kier alpha value is -2.97. The van der Waals surface area contributed by atoms with Crippen LogP contribution in [0.5, 0.6) is 0 Å². The maximum absolute atomic E-state index is 13.4. The van der Waals surface area contributed by atoms with Gasteiger partial charge >= 0.3 is 5.97 Å². The molecule has 3 unspecified atom stereocenters. The zero-order valence-electron chi connectivity index (χ0n) is 18.3. The summed E-state index contributed by atoms with van der Waals surface area (Å²) in [4.78, 5) is 47.6. The quantitative estimate of drug-likeness (QED) is 0.596. The van der Waals surface area contributed by atoms with Crippen LogP contribution in [0.4, 0.5) is 0 Å². The van der Waals surface area contributed by atoms with Gasteiger partial charge in [0.2, 0.25) is 11.8 Å². The lowest BCUT2D eigenvalue weighted by molar-refractivity contribution is -0.152. The van der Waals surface area contributed by atoms with Crippen LogP contribution in [0.25, 0.3) is 5.70 Å². The number of carboxylic acids is 1. The molecule has 3 N–H and O–H groups in total. The molecule has 9 nitrogen and oxygen atoms in total. The van der Waals surface area contributed by atoms with Gasteiger partial charge in [0, 0.05) is 18.9 Å². The molecule has 1 aromatic heterocycles. The predicted molar refractivity (Wildman–Crippen MR) is 114 cm³/mol. The van der Waals surface area contributed by atoms with Crippen LogP contribution in [-0.2, 0) is 14.4 Å². The molecule has 0 bridgehead atoms. The highest BCUT2D eigenvalue weighted by Crippen LogP contribution is 2.43. The molecule has 1 aliphatic heterocycles. The third-order valence-corrected chi connectivity index (χ3v) is 6.18. The van der Waals surface area contributed by atoms with E-state index >= 15 is 0 Å². The van der Waals surface area contributed by atoms with Crippen molar-refractivity contribution < 1.29 is 19.5 Å². The van der Waals surface area contributed by atoms with E-state index in [-0.39, 0.29) is 30.2 Å². The van der Waals surface area contributed by atoms with E-state index in [9.17, 15) is 19.5 Å². The van der Waals surface area contributed by atoms with Crippen LogP contribution in [0, 0.1) is 17.3 Å². The number of carbonyl (C=O) groups excluding carboxylic acids is 2. The molecule has 2 aliphatic rings. The number of hydrogen-bond acceptors (Lipinski definition) is 6. The number of aromatic nitrogens is 2. The summed E-state index contributed by atoms with van der Waals surface area (Å²) < 4.78 is 0. The average Bonchev–Trinajstić information content (AvgIpc) is 3.30. The number of aliphatic carboxylic acids is 1. The van der Waals surface area contributed by atoms with Gasteiger partial charge in [-0.05, 0) is 30.1 Å². The molecule has 0 spiro atoms. The van der Waals surface area contributed by atoms with Crippen LogP contribution in [0.2, 0.25) is 0 Å². The Balaban J connectivity index is 1.67. The number of nitrogens with one attached hydrogen (secondary N) is 2. The third-order valence-electron chi connectivity index (χ3n) is 6.18. The van der Waals surface area contributed by atoms with Gasteiger partial charge in [-0.15, -0.1) is 0 Å². The van der Waals surface area contributed by atoms with E-state index < -0.39 is 23.5 Å². The Morgan fingerprint density at radius 3 is 2.65 bits per heavy atom. The van der Waals surface area contributed by atoms with E-state index in [4.69, 9.17) is 0 Å². The smallest absolute Gasteiger partial charge is 0.326 e. The van der Waals surface area contributed by atoms with Gasteiger partial charge < -0.3 is 20.6 Å². The van der Waals surface area contributed by atoms with E-state index in [2.05, 4.69) is 27.2 Å². The van der Waals surface area contributed by atoms with Crippen LogP contribution in [0.15, 0.2) is 25.2 Å². The van der Waals surface area contributed by atoms with E-state index in [0.29, 0.717) is 17.9 Å². The van der Waals surface area contributed by atoms with E-state index in [1.165, 1.54) is 17.3 Å². The molecular formula is C22H31N5O4. The monoisotopic (exact) mass is 429 g/mol. The molecule has 0 aromatic carbocycles. The molecule has 2 heterocycles. The summed E-state index contributed by atoms with van der Waals surface area (Å²) in [6.07, 6.45) is 7.37. The van der Waals surface area contributed by atoms with Crippen molar-refractivity contribution in [1.82, 2.24) is 25.5 Å².